The monoisotopic (exact) mass is 265 g/mol. The van der Waals surface area contributed by atoms with Crippen LogP contribution in [0.1, 0.15) is 11.7 Å². The molecule has 0 spiro atoms. The summed E-state index contributed by atoms with van der Waals surface area (Å²) in [5.41, 5.74) is 6.76. The van der Waals surface area contributed by atoms with Crippen molar-refractivity contribution in [2.45, 2.75) is 6.10 Å². The fourth-order valence-electron chi connectivity index (χ4n) is 1.56. The molecule has 1 unspecified atom stereocenters. The molecule has 5 heteroatoms. The normalized spacial score (nSPS) is 12.2. The second kappa shape index (κ2) is 5.67. The van der Waals surface area contributed by atoms with Crippen LogP contribution in [0.3, 0.4) is 0 Å². The Morgan fingerprint density at radius 2 is 1.74 bits per heavy atom. The van der Waals surface area contributed by atoms with Gasteiger partial charge in [0, 0.05) is 11.8 Å². The Morgan fingerprint density at radius 1 is 1.05 bits per heavy atom. The summed E-state index contributed by atoms with van der Waals surface area (Å²) in [6.45, 7) is -0.0605. The van der Waals surface area contributed by atoms with E-state index in [2.05, 4.69) is 0 Å². The first-order chi connectivity index (χ1) is 9.06. The van der Waals surface area contributed by atoms with Gasteiger partial charge in [-0.15, -0.1) is 0 Å². The zero-order valence-corrected chi connectivity index (χ0v) is 10.0. The molecule has 0 bridgehead atoms. The van der Waals surface area contributed by atoms with Crippen LogP contribution in [0.4, 0.5) is 14.5 Å². The summed E-state index contributed by atoms with van der Waals surface area (Å²) in [4.78, 5) is 0. The summed E-state index contributed by atoms with van der Waals surface area (Å²) >= 11 is 0. The van der Waals surface area contributed by atoms with Gasteiger partial charge >= 0.3 is 0 Å². The van der Waals surface area contributed by atoms with Crippen molar-refractivity contribution in [3.05, 3.63) is 59.7 Å². The average molecular weight is 265 g/mol. The number of nitrogens with two attached hydrogens (primary N) is 1. The molecule has 0 fully saturated rings. The predicted octanol–water partition coefficient (Wildman–Crippen LogP) is 2.66. The van der Waals surface area contributed by atoms with Gasteiger partial charge in [-0.25, -0.2) is 8.78 Å². The number of aliphatic hydroxyl groups is 1. The predicted molar refractivity (Wildman–Crippen MR) is 67.7 cm³/mol. The molecule has 0 aromatic heterocycles. The van der Waals surface area contributed by atoms with Crippen molar-refractivity contribution in [1.82, 2.24) is 0 Å². The molecule has 0 amide bonds. The van der Waals surface area contributed by atoms with Crippen molar-refractivity contribution in [3.63, 3.8) is 0 Å². The van der Waals surface area contributed by atoms with Crippen LogP contribution < -0.4 is 10.5 Å². The minimum Gasteiger partial charge on any atom is -0.490 e. The molecule has 0 aliphatic rings. The molecule has 0 saturated carbocycles. The van der Waals surface area contributed by atoms with Crippen LogP contribution in [-0.2, 0) is 0 Å². The molecule has 19 heavy (non-hydrogen) atoms. The summed E-state index contributed by atoms with van der Waals surface area (Å²) in [5, 5.41) is 9.86. The Balaban J connectivity index is 1.98. The van der Waals surface area contributed by atoms with Gasteiger partial charge in [-0.1, -0.05) is 12.1 Å². The molecule has 0 aliphatic heterocycles. The maximum Gasteiger partial charge on any atom is 0.162 e. The van der Waals surface area contributed by atoms with E-state index in [0.29, 0.717) is 11.3 Å². The van der Waals surface area contributed by atoms with Crippen molar-refractivity contribution >= 4 is 5.69 Å². The second-order valence-corrected chi connectivity index (χ2v) is 4.07. The van der Waals surface area contributed by atoms with E-state index in [1.54, 1.807) is 24.3 Å². The quantitative estimate of drug-likeness (QED) is 0.836. The molecule has 0 aliphatic carbocycles. The van der Waals surface area contributed by atoms with E-state index in [9.17, 15) is 13.9 Å². The van der Waals surface area contributed by atoms with Crippen LogP contribution in [-0.4, -0.2) is 11.7 Å². The topological polar surface area (TPSA) is 55.5 Å². The van der Waals surface area contributed by atoms with Gasteiger partial charge in [-0.05, 0) is 29.8 Å². The molecule has 3 nitrogen and oxygen atoms in total. The number of ether oxygens (including phenoxy) is 1. The molecule has 1 atom stereocenters. The molecule has 2 aromatic rings. The highest BCUT2D eigenvalue weighted by molar-refractivity contribution is 5.39. The van der Waals surface area contributed by atoms with Crippen LogP contribution in [0.15, 0.2) is 42.5 Å². The highest BCUT2D eigenvalue weighted by Crippen LogP contribution is 2.19. The van der Waals surface area contributed by atoms with Crippen molar-refractivity contribution in [3.8, 4) is 5.75 Å². The molecule has 0 heterocycles. The SMILES string of the molecule is Nc1ccc(C(O)COc2ccc(F)c(F)c2)cc1. The van der Waals surface area contributed by atoms with E-state index >= 15 is 0 Å². The number of halogens is 2. The first kappa shape index (κ1) is 13.3. The fourth-order valence-corrected chi connectivity index (χ4v) is 1.56. The van der Waals surface area contributed by atoms with E-state index in [1.165, 1.54) is 6.07 Å². The maximum atomic E-state index is 12.9. The molecule has 0 radical (unpaired) electrons. The lowest BCUT2D eigenvalue weighted by Crippen LogP contribution is -2.10. The lowest BCUT2D eigenvalue weighted by molar-refractivity contribution is 0.108. The molecule has 2 aromatic carbocycles. The summed E-state index contributed by atoms with van der Waals surface area (Å²) in [5.74, 6) is -1.76. The second-order valence-electron chi connectivity index (χ2n) is 4.07. The first-order valence-corrected chi connectivity index (χ1v) is 5.67. The maximum absolute atomic E-state index is 12.9. The van der Waals surface area contributed by atoms with Gasteiger partial charge in [0.2, 0.25) is 0 Å². The molecular formula is C14H13F2NO2. The van der Waals surface area contributed by atoms with E-state index in [4.69, 9.17) is 10.5 Å². The smallest absolute Gasteiger partial charge is 0.162 e. The zero-order valence-electron chi connectivity index (χ0n) is 10.0. The number of rotatable bonds is 4. The van der Waals surface area contributed by atoms with E-state index < -0.39 is 17.7 Å². The van der Waals surface area contributed by atoms with Gasteiger partial charge in [0.25, 0.3) is 0 Å². The van der Waals surface area contributed by atoms with Crippen LogP contribution >= 0.6 is 0 Å². The largest absolute Gasteiger partial charge is 0.490 e. The summed E-state index contributed by atoms with van der Waals surface area (Å²) in [6.07, 6.45) is -0.867. The van der Waals surface area contributed by atoms with Gasteiger partial charge in [-0.3, -0.25) is 0 Å². The van der Waals surface area contributed by atoms with Gasteiger partial charge in [0.15, 0.2) is 11.6 Å². The Labute approximate surface area is 109 Å². The highest BCUT2D eigenvalue weighted by Gasteiger charge is 2.09. The third-order valence-electron chi connectivity index (χ3n) is 2.62. The number of hydrogen-bond donors (Lipinski definition) is 2. The third-order valence-corrected chi connectivity index (χ3v) is 2.62. The molecular weight excluding hydrogens is 252 g/mol. The van der Waals surface area contributed by atoms with E-state index in [-0.39, 0.29) is 12.4 Å². The Hall–Kier alpha value is -2.14. The fraction of sp³-hybridized carbons (Fsp3) is 0.143. The molecule has 2 rings (SSSR count). The molecule has 3 N–H and O–H groups in total. The summed E-state index contributed by atoms with van der Waals surface area (Å²) in [7, 11) is 0. The number of nitrogen functional groups attached to an aromatic ring is 1. The number of benzene rings is 2. The van der Waals surface area contributed by atoms with Crippen LogP contribution in [0.2, 0.25) is 0 Å². The Morgan fingerprint density at radius 3 is 2.37 bits per heavy atom. The van der Waals surface area contributed by atoms with Crippen molar-refractivity contribution in [2.75, 3.05) is 12.3 Å². The summed E-state index contributed by atoms with van der Waals surface area (Å²) < 4.78 is 30.8. The lowest BCUT2D eigenvalue weighted by atomic mass is 10.1. The van der Waals surface area contributed by atoms with Gasteiger partial charge < -0.3 is 15.6 Å². The average Bonchev–Trinajstić information content (AvgIpc) is 2.40. The minimum absolute atomic E-state index is 0.0605. The lowest BCUT2D eigenvalue weighted by Gasteiger charge is -2.13. The van der Waals surface area contributed by atoms with Crippen LogP contribution in [0.5, 0.6) is 5.75 Å². The number of anilines is 1. The molecule has 0 saturated heterocycles. The zero-order chi connectivity index (χ0) is 13.8. The number of hydrogen-bond acceptors (Lipinski definition) is 3. The highest BCUT2D eigenvalue weighted by atomic mass is 19.2. The van der Waals surface area contributed by atoms with E-state index in [1.807, 2.05) is 0 Å². The Kier molecular flexibility index (Phi) is 3.97. The third kappa shape index (κ3) is 3.42. The van der Waals surface area contributed by atoms with Gasteiger partial charge in [-0.2, -0.15) is 0 Å². The minimum atomic E-state index is -0.987. The van der Waals surface area contributed by atoms with Crippen LogP contribution in [0, 0.1) is 11.6 Å². The molecule has 100 valence electrons. The van der Waals surface area contributed by atoms with Crippen molar-refractivity contribution in [2.24, 2.45) is 0 Å². The van der Waals surface area contributed by atoms with Gasteiger partial charge in [0.05, 0.1) is 0 Å². The standard InChI is InChI=1S/C14H13F2NO2/c15-12-6-5-11(7-13(12)16)19-8-14(18)9-1-3-10(17)4-2-9/h1-7,14,18H,8,17H2. The van der Waals surface area contributed by atoms with E-state index in [0.717, 1.165) is 12.1 Å². The van der Waals surface area contributed by atoms with Crippen molar-refractivity contribution in [1.29, 1.82) is 0 Å². The van der Waals surface area contributed by atoms with Crippen LogP contribution in [0.25, 0.3) is 0 Å². The van der Waals surface area contributed by atoms with Gasteiger partial charge in [0.1, 0.15) is 18.5 Å². The van der Waals surface area contributed by atoms with Crippen molar-refractivity contribution < 1.29 is 18.6 Å². The number of aliphatic hydroxyl groups excluding tert-OH is 1. The summed E-state index contributed by atoms with van der Waals surface area (Å²) in [6, 6.07) is 9.88. The first-order valence-electron chi connectivity index (χ1n) is 5.67. The Bertz CT molecular complexity index is 558.